The Morgan fingerprint density at radius 1 is 0.725 bits per heavy atom. The average Bonchev–Trinajstić information content (AvgIpc) is 3.14. The number of nitriles is 3. The summed E-state index contributed by atoms with van der Waals surface area (Å²) in [6.07, 6.45) is 8.46. The molecule has 0 aliphatic carbocycles. The number of hydrogen-bond donors (Lipinski definition) is 0. The van der Waals surface area contributed by atoms with Gasteiger partial charge in [-0.05, 0) is 94.0 Å². The molecule has 51 heavy (non-hydrogen) atoms. The van der Waals surface area contributed by atoms with Crippen LogP contribution in [0.25, 0.3) is 38.9 Å². The fourth-order valence-electron chi connectivity index (χ4n) is 5.85. The van der Waals surface area contributed by atoms with Gasteiger partial charge >= 0.3 is 11.3 Å². The maximum atomic E-state index is 13.1. The van der Waals surface area contributed by atoms with Crippen molar-refractivity contribution in [1.82, 2.24) is 0 Å². The SMILES string of the molecule is [C-]#[N+]C(C#N)=C1C=C(/C=C/c2c(C#N)c3ccc(N(CC)CC)cc3oc2=O)OC(/C=C/c2c(C#N)c3ccc(N(CC)CC)cc3oc2=O)=C1. The standard InChI is InChI=1S/C40H32N6O5/c1-6-45(7-2)26-10-14-30-34(22-41)32(39(47)50-37(30)20-26)16-12-28-18-25(36(24-43)44-5)19-29(49-28)13-17-33-35(23-42)31-15-11-27(46(8-3)9-4)21-38(31)51-40(33)48/h10-21H,6-9H2,1-4H3/b16-12+,17-13+. The van der Waals surface area contributed by atoms with Crippen molar-refractivity contribution in [3.8, 4) is 18.2 Å². The summed E-state index contributed by atoms with van der Waals surface area (Å²) in [6.45, 7) is 18.5. The summed E-state index contributed by atoms with van der Waals surface area (Å²) in [6, 6.07) is 16.7. The first-order valence-corrected chi connectivity index (χ1v) is 16.2. The molecule has 0 spiro atoms. The molecule has 0 N–H and O–H groups in total. The zero-order valence-electron chi connectivity index (χ0n) is 28.5. The van der Waals surface area contributed by atoms with Crippen LogP contribution in [0.2, 0.25) is 0 Å². The number of fused-ring (bicyclic) bond motifs is 2. The minimum Gasteiger partial charge on any atom is -0.457 e. The van der Waals surface area contributed by atoms with E-state index in [2.05, 4.69) is 26.8 Å². The Bertz CT molecular complexity index is 2320. The van der Waals surface area contributed by atoms with Crippen LogP contribution in [0.5, 0.6) is 0 Å². The summed E-state index contributed by atoms with van der Waals surface area (Å²) in [5.41, 5.74) is 1.00. The van der Waals surface area contributed by atoms with E-state index in [4.69, 9.17) is 20.1 Å². The topological polar surface area (TPSA) is 152 Å². The van der Waals surface area contributed by atoms with Gasteiger partial charge in [0, 0.05) is 60.5 Å². The van der Waals surface area contributed by atoms with Crippen LogP contribution < -0.4 is 21.1 Å². The fourth-order valence-corrected chi connectivity index (χ4v) is 5.85. The van der Waals surface area contributed by atoms with Gasteiger partial charge in [-0.2, -0.15) is 10.5 Å². The third-order valence-electron chi connectivity index (χ3n) is 8.48. The van der Waals surface area contributed by atoms with Gasteiger partial charge in [-0.15, -0.1) is 0 Å². The Morgan fingerprint density at radius 2 is 1.16 bits per heavy atom. The lowest BCUT2D eigenvalue weighted by Crippen LogP contribution is -2.21. The minimum atomic E-state index is -0.731. The molecule has 1 aliphatic heterocycles. The third-order valence-corrected chi connectivity index (χ3v) is 8.48. The lowest BCUT2D eigenvalue weighted by Gasteiger charge is -2.21. The van der Waals surface area contributed by atoms with Gasteiger partial charge in [-0.25, -0.2) is 19.7 Å². The van der Waals surface area contributed by atoms with Crippen LogP contribution in [-0.4, -0.2) is 26.2 Å². The average molecular weight is 677 g/mol. The highest BCUT2D eigenvalue weighted by Gasteiger charge is 2.18. The minimum absolute atomic E-state index is 0.00969. The van der Waals surface area contributed by atoms with Gasteiger partial charge in [0.15, 0.2) is 0 Å². The van der Waals surface area contributed by atoms with Crippen molar-refractivity contribution >= 4 is 45.5 Å². The van der Waals surface area contributed by atoms with E-state index >= 15 is 0 Å². The molecule has 0 radical (unpaired) electrons. The summed E-state index contributed by atoms with van der Waals surface area (Å²) in [4.78, 5) is 33.8. The Balaban J connectivity index is 1.53. The van der Waals surface area contributed by atoms with Crippen molar-refractivity contribution in [1.29, 1.82) is 15.8 Å². The molecule has 0 saturated carbocycles. The predicted molar refractivity (Wildman–Crippen MR) is 196 cm³/mol. The fraction of sp³-hybridized carbons (Fsp3) is 0.200. The maximum absolute atomic E-state index is 13.1. The van der Waals surface area contributed by atoms with E-state index in [1.165, 1.54) is 36.5 Å². The monoisotopic (exact) mass is 676 g/mol. The van der Waals surface area contributed by atoms with E-state index in [-0.39, 0.29) is 56.2 Å². The van der Waals surface area contributed by atoms with E-state index < -0.39 is 11.3 Å². The smallest absolute Gasteiger partial charge is 0.344 e. The van der Waals surface area contributed by atoms with Crippen LogP contribution in [0.3, 0.4) is 0 Å². The molecule has 252 valence electrons. The van der Waals surface area contributed by atoms with Gasteiger partial charge in [0.1, 0.15) is 34.8 Å². The normalized spacial score (nSPS) is 12.5. The number of anilines is 2. The summed E-state index contributed by atoms with van der Waals surface area (Å²) in [7, 11) is 0. The highest BCUT2D eigenvalue weighted by Crippen LogP contribution is 2.29. The van der Waals surface area contributed by atoms with Gasteiger partial charge < -0.3 is 23.4 Å². The van der Waals surface area contributed by atoms with Gasteiger partial charge in [0.05, 0.1) is 34.9 Å². The van der Waals surface area contributed by atoms with E-state index in [0.29, 0.717) is 10.8 Å². The molecule has 0 bridgehead atoms. The van der Waals surface area contributed by atoms with Crippen molar-refractivity contribution in [2.24, 2.45) is 0 Å². The van der Waals surface area contributed by atoms with E-state index in [9.17, 15) is 25.4 Å². The molecule has 0 atom stereocenters. The van der Waals surface area contributed by atoms with Crippen molar-refractivity contribution in [2.45, 2.75) is 27.7 Å². The molecular formula is C40H32N6O5. The predicted octanol–water partition coefficient (Wildman–Crippen LogP) is 7.56. The number of hydrogen-bond acceptors (Lipinski definition) is 10. The maximum Gasteiger partial charge on any atom is 0.344 e. The van der Waals surface area contributed by atoms with Crippen molar-refractivity contribution in [2.75, 3.05) is 36.0 Å². The molecule has 11 nitrogen and oxygen atoms in total. The largest absolute Gasteiger partial charge is 0.457 e. The van der Waals surface area contributed by atoms with Crippen molar-refractivity contribution < 1.29 is 13.6 Å². The number of allylic oxidation sites excluding steroid dienone is 6. The third kappa shape index (κ3) is 7.06. The van der Waals surface area contributed by atoms with Gasteiger partial charge in [0.25, 0.3) is 5.70 Å². The molecule has 4 aromatic rings. The molecule has 2 aromatic carbocycles. The van der Waals surface area contributed by atoms with Crippen LogP contribution in [-0.2, 0) is 4.74 Å². The van der Waals surface area contributed by atoms with Gasteiger partial charge in [-0.3, -0.25) is 0 Å². The Hall–Kier alpha value is -7.08. The lowest BCUT2D eigenvalue weighted by molar-refractivity contribution is 0.332. The zero-order valence-corrected chi connectivity index (χ0v) is 28.5. The Morgan fingerprint density at radius 3 is 1.51 bits per heavy atom. The van der Waals surface area contributed by atoms with Crippen LogP contribution >= 0.6 is 0 Å². The van der Waals surface area contributed by atoms with Gasteiger partial charge in [-0.1, -0.05) is 0 Å². The van der Waals surface area contributed by atoms with Crippen LogP contribution in [0, 0.1) is 40.6 Å². The molecule has 0 unspecified atom stereocenters. The van der Waals surface area contributed by atoms with Gasteiger partial charge in [0.2, 0.25) is 0 Å². The molecule has 3 heterocycles. The second-order valence-electron chi connectivity index (χ2n) is 11.2. The number of benzene rings is 2. The molecule has 0 saturated heterocycles. The first-order chi connectivity index (χ1) is 24.7. The first-order valence-electron chi connectivity index (χ1n) is 16.2. The molecule has 11 heteroatoms. The number of nitrogens with zero attached hydrogens (tertiary/aromatic N) is 6. The van der Waals surface area contributed by atoms with Crippen LogP contribution in [0.1, 0.15) is 49.9 Å². The van der Waals surface area contributed by atoms with E-state index in [1.807, 2.05) is 45.9 Å². The molecule has 5 rings (SSSR count). The molecule has 0 fully saturated rings. The van der Waals surface area contributed by atoms with Crippen molar-refractivity contribution in [3.05, 3.63) is 138 Å². The highest BCUT2D eigenvalue weighted by molar-refractivity contribution is 5.90. The first kappa shape index (κ1) is 35.2. The van der Waals surface area contributed by atoms with Crippen molar-refractivity contribution in [3.63, 3.8) is 0 Å². The summed E-state index contributed by atoms with van der Waals surface area (Å²) in [5, 5.41) is 30.7. The second-order valence-corrected chi connectivity index (χ2v) is 11.2. The molecule has 0 amide bonds. The zero-order chi connectivity index (χ0) is 36.7. The summed E-state index contributed by atoms with van der Waals surface area (Å²) >= 11 is 0. The Labute approximate surface area is 294 Å². The number of rotatable bonds is 10. The summed E-state index contributed by atoms with van der Waals surface area (Å²) < 4.78 is 17.2. The Kier molecular flexibility index (Phi) is 10.7. The quantitative estimate of drug-likeness (QED) is 0.0935. The van der Waals surface area contributed by atoms with E-state index in [0.717, 1.165) is 37.6 Å². The molecule has 2 aromatic heterocycles. The van der Waals surface area contributed by atoms with Crippen LogP contribution in [0.15, 0.2) is 102 Å². The molecular weight excluding hydrogens is 644 g/mol. The lowest BCUT2D eigenvalue weighted by atomic mass is 10.0. The summed E-state index contributed by atoms with van der Waals surface area (Å²) in [5.74, 6) is 0.248. The van der Waals surface area contributed by atoms with Crippen LogP contribution in [0.4, 0.5) is 11.4 Å². The second kappa shape index (κ2) is 15.4. The molecule has 1 aliphatic rings. The number of ether oxygens (including phenoxy) is 1. The van der Waals surface area contributed by atoms with E-state index in [1.54, 1.807) is 24.3 Å². The highest BCUT2D eigenvalue weighted by atomic mass is 16.5.